The van der Waals surface area contributed by atoms with E-state index < -0.39 is 0 Å². The van der Waals surface area contributed by atoms with E-state index in [0.717, 1.165) is 30.5 Å². The van der Waals surface area contributed by atoms with Gasteiger partial charge in [0.1, 0.15) is 5.69 Å². The summed E-state index contributed by atoms with van der Waals surface area (Å²) in [6.45, 7) is 0.949. The fraction of sp³-hybridized carbons (Fsp3) is 0.412. The van der Waals surface area contributed by atoms with Crippen LogP contribution in [0.2, 0.25) is 0 Å². The van der Waals surface area contributed by atoms with Crippen LogP contribution in [0.4, 0.5) is 0 Å². The van der Waals surface area contributed by atoms with Crippen molar-refractivity contribution in [1.82, 2.24) is 10.5 Å². The number of hydrogen-bond donors (Lipinski definition) is 2. The Bertz CT molecular complexity index is 624. The summed E-state index contributed by atoms with van der Waals surface area (Å²) in [6, 6.07) is 11.7. The van der Waals surface area contributed by atoms with Gasteiger partial charge >= 0.3 is 0 Å². The molecule has 22 heavy (non-hydrogen) atoms. The molecule has 3 N–H and O–H groups in total. The summed E-state index contributed by atoms with van der Waals surface area (Å²) < 4.78 is 5.30. The topological polar surface area (TPSA) is 81.2 Å². The number of benzene rings is 1. The van der Waals surface area contributed by atoms with Gasteiger partial charge in [0.2, 0.25) is 5.91 Å². The molecule has 116 valence electrons. The zero-order chi connectivity index (χ0) is 15.4. The quantitative estimate of drug-likeness (QED) is 0.888. The van der Waals surface area contributed by atoms with Crippen molar-refractivity contribution in [3.63, 3.8) is 0 Å². The fourth-order valence-electron chi connectivity index (χ4n) is 3.11. The van der Waals surface area contributed by atoms with Crippen molar-refractivity contribution in [2.24, 2.45) is 17.6 Å². The lowest BCUT2D eigenvalue weighted by Gasteiger charge is -2.16. The SMILES string of the molecule is NC[C@H]1CCC[C@H]1C(=O)NCc1cc(-c2ccccc2)no1. The van der Waals surface area contributed by atoms with E-state index in [2.05, 4.69) is 10.5 Å². The number of aromatic nitrogens is 1. The molecule has 3 rings (SSSR count). The van der Waals surface area contributed by atoms with Gasteiger partial charge in [-0.25, -0.2) is 0 Å². The van der Waals surface area contributed by atoms with Crippen molar-refractivity contribution in [3.8, 4) is 11.3 Å². The maximum absolute atomic E-state index is 12.2. The molecule has 1 aromatic heterocycles. The summed E-state index contributed by atoms with van der Waals surface area (Å²) in [5.74, 6) is 1.09. The van der Waals surface area contributed by atoms with Crippen LogP contribution < -0.4 is 11.1 Å². The molecule has 1 saturated carbocycles. The molecule has 0 aliphatic heterocycles. The highest BCUT2D eigenvalue weighted by molar-refractivity contribution is 5.79. The van der Waals surface area contributed by atoms with Gasteiger partial charge in [0.05, 0.1) is 6.54 Å². The van der Waals surface area contributed by atoms with E-state index in [1.807, 2.05) is 36.4 Å². The van der Waals surface area contributed by atoms with E-state index >= 15 is 0 Å². The molecular weight excluding hydrogens is 278 g/mol. The van der Waals surface area contributed by atoms with Gasteiger partial charge in [0.25, 0.3) is 0 Å². The Balaban J connectivity index is 1.58. The van der Waals surface area contributed by atoms with E-state index in [9.17, 15) is 4.79 Å². The molecule has 0 unspecified atom stereocenters. The third-order valence-corrected chi connectivity index (χ3v) is 4.36. The highest BCUT2D eigenvalue weighted by atomic mass is 16.5. The molecule has 5 nitrogen and oxygen atoms in total. The van der Waals surface area contributed by atoms with Gasteiger partial charge < -0.3 is 15.6 Å². The smallest absolute Gasteiger partial charge is 0.223 e. The number of carbonyl (C=O) groups excluding carboxylic acids is 1. The van der Waals surface area contributed by atoms with Gasteiger partial charge in [0, 0.05) is 17.5 Å². The number of amides is 1. The van der Waals surface area contributed by atoms with E-state index in [4.69, 9.17) is 10.3 Å². The molecule has 5 heteroatoms. The van der Waals surface area contributed by atoms with E-state index in [-0.39, 0.29) is 11.8 Å². The Morgan fingerprint density at radius 3 is 2.91 bits per heavy atom. The van der Waals surface area contributed by atoms with Crippen molar-refractivity contribution in [2.75, 3.05) is 6.54 Å². The van der Waals surface area contributed by atoms with Crippen LogP contribution in [0.1, 0.15) is 25.0 Å². The minimum absolute atomic E-state index is 0.0431. The van der Waals surface area contributed by atoms with Crippen LogP contribution in [0, 0.1) is 11.8 Å². The van der Waals surface area contributed by atoms with E-state index in [1.54, 1.807) is 0 Å². The summed E-state index contributed by atoms with van der Waals surface area (Å²) in [6.07, 6.45) is 3.06. The van der Waals surface area contributed by atoms with Crippen LogP contribution >= 0.6 is 0 Å². The second-order valence-corrected chi connectivity index (χ2v) is 5.80. The molecule has 2 atom stereocenters. The van der Waals surface area contributed by atoms with Gasteiger partial charge in [-0.2, -0.15) is 0 Å². The summed E-state index contributed by atoms with van der Waals surface area (Å²) in [5.41, 5.74) is 7.51. The third-order valence-electron chi connectivity index (χ3n) is 4.36. The maximum Gasteiger partial charge on any atom is 0.223 e. The maximum atomic E-state index is 12.2. The van der Waals surface area contributed by atoms with Crippen LogP contribution in [0.25, 0.3) is 11.3 Å². The predicted molar refractivity (Wildman–Crippen MR) is 83.7 cm³/mol. The first kappa shape index (κ1) is 14.8. The Labute approximate surface area is 129 Å². The van der Waals surface area contributed by atoms with Crippen molar-refractivity contribution in [1.29, 1.82) is 0 Å². The van der Waals surface area contributed by atoms with Gasteiger partial charge in [-0.1, -0.05) is 41.9 Å². The highest BCUT2D eigenvalue weighted by Crippen LogP contribution is 2.31. The third kappa shape index (κ3) is 3.20. The number of nitrogens with zero attached hydrogens (tertiary/aromatic N) is 1. The van der Waals surface area contributed by atoms with Crippen molar-refractivity contribution in [3.05, 3.63) is 42.2 Å². The van der Waals surface area contributed by atoms with E-state index in [1.165, 1.54) is 0 Å². The monoisotopic (exact) mass is 299 g/mol. The molecule has 1 aliphatic carbocycles. The van der Waals surface area contributed by atoms with Crippen LogP contribution in [-0.2, 0) is 11.3 Å². The Hall–Kier alpha value is -2.14. The first-order valence-corrected chi connectivity index (χ1v) is 7.76. The summed E-state index contributed by atoms with van der Waals surface area (Å²) in [4.78, 5) is 12.2. The number of hydrogen-bond acceptors (Lipinski definition) is 4. The zero-order valence-electron chi connectivity index (χ0n) is 12.5. The largest absolute Gasteiger partial charge is 0.359 e. The molecule has 0 bridgehead atoms. The summed E-state index contributed by atoms with van der Waals surface area (Å²) in [5, 5.41) is 6.99. The molecule has 1 aromatic carbocycles. The molecule has 1 amide bonds. The fourth-order valence-corrected chi connectivity index (χ4v) is 3.11. The number of carbonyl (C=O) groups is 1. The van der Waals surface area contributed by atoms with Crippen molar-refractivity contribution in [2.45, 2.75) is 25.8 Å². The molecule has 0 radical (unpaired) electrons. The number of nitrogens with one attached hydrogen (secondary N) is 1. The second-order valence-electron chi connectivity index (χ2n) is 5.80. The first-order chi connectivity index (χ1) is 10.8. The second kappa shape index (κ2) is 6.75. The van der Waals surface area contributed by atoms with Gasteiger partial charge in [-0.15, -0.1) is 0 Å². The molecule has 1 aliphatic rings. The normalized spacial score (nSPS) is 21.0. The molecule has 1 fully saturated rings. The highest BCUT2D eigenvalue weighted by Gasteiger charge is 2.31. The van der Waals surface area contributed by atoms with Crippen LogP contribution in [-0.4, -0.2) is 17.6 Å². The Morgan fingerprint density at radius 1 is 1.32 bits per heavy atom. The van der Waals surface area contributed by atoms with E-state index in [0.29, 0.717) is 24.8 Å². The lowest BCUT2D eigenvalue weighted by atomic mass is 9.95. The Morgan fingerprint density at radius 2 is 2.14 bits per heavy atom. The molecule has 0 saturated heterocycles. The van der Waals surface area contributed by atoms with Crippen molar-refractivity contribution < 1.29 is 9.32 Å². The predicted octanol–water partition coefficient (Wildman–Crippen LogP) is 2.33. The van der Waals surface area contributed by atoms with Crippen molar-refractivity contribution >= 4 is 5.91 Å². The molecule has 2 aromatic rings. The lowest BCUT2D eigenvalue weighted by molar-refractivity contribution is -0.126. The zero-order valence-corrected chi connectivity index (χ0v) is 12.5. The standard InChI is InChI=1S/C17H21N3O2/c18-10-13-7-4-8-15(13)17(21)19-11-14-9-16(20-22-14)12-5-2-1-3-6-12/h1-3,5-6,9,13,15H,4,7-8,10-11,18H2,(H,19,21)/t13-,15-/m1/s1. The number of rotatable bonds is 5. The summed E-state index contributed by atoms with van der Waals surface area (Å²) in [7, 11) is 0. The lowest BCUT2D eigenvalue weighted by Crippen LogP contribution is -2.34. The average Bonchev–Trinajstić information content (AvgIpc) is 3.22. The molecule has 0 spiro atoms. The minimum atomic E-state index is 0.0431. The molecular formula is C17H21N3O2. The average molecular weight is 299 g/mol. The van der Waals surface area contributed by atoms with Gasteiger partial charge in [0.15, 0.2) is 5.76 Å². The van der Waals surface area contributed by atoms with Gasteiger partial charge in [-0.05, 0) is 25.3 Å². The first-order valence-electron chi connectivity index (χ1n) is 7.76. The van der Waals surface area contributed by atoms with Gasteiger partial charge in [-0.3, -0.25) is 4.79 Å². The Kier molecular flexibility index (Phi) is 4.53. The summed E-state index contributed by atoms with van der Waals surface area (Å²) >= 11 is 0. The molecule has 1 heterocycles. The van der Waals surface area contributed by atoms with Crippen LogP contribution in [0.15, 0.2) is 40.9 Å². The van der Waals surface area contributed by atoms with Crippen LogP contribution in [0.3, 0.4) is 0 Å². The van der Waals surface area contributed by atoms with Crippen LogP contribution in [0.5, 0.6) is 0 Å². The number of nitrogens with two attached hydrogens (primary N) is 1. The minimum Gasteiger partial charge on any atom is -0.359 e.